The molecule has 1 atom stereocenters. The molecule has 0 aromatic rings. The molecule has 4 N–H and O–H groups in total. The Balaban J connectivity index is 2.25. The van der Waals surface area contributed by atoms with Gasteiger partial charge in [-0.15, -0.1) is 0 Å². The maximum atomic E-state index is 11.3. The molecule has 2 amide bonds. The summed E-state index contributed by atoms with van der Waals surface area (Å²) in [6, 6.07) is 0. The maximum absolute atomic E-state index is 11.3. The van der Waals surface area contributed by atoms with Gasteiger partial charge in [-0.3, -0.25) is 14.4 Å². The van der Waals surface area contributed by atoms with Crippen LogP contribution >= 0.6 is 11.8 Å². The zero-order valence-electron chi connectivity index (χ0n) is 8.30. The second-order valence-electron chi connectivity index (χ2n) is 3.09. The van der Waals surface area contributed by atoms with E-state index in [0.29, 0.717) is 0 Å². The van der Waals surface area contributed by atoms with Gasteiger partial charge in [0.05, 0.1) is 6.42 Å². The summed E-state index contributed by atoms with van der Waals surface area (Å²) in [5.74, 6) is -1.79. The molecule has 8 heteroatoms. The number of aliphatic carboxylic acids is 1. The lowest BCUT2D eigenvalue weighted by Crippen LogP contribution is -2.30. The Morgan fingerprint density at radius 3 is 2.75 bits per heavy atom. The third kappa shape index (κ3) is 3.89. The molecule has 0 unspecified atom stereocenters. The molecular formula is C8H11N3O4S. The second-order valence-corrected chi connectivity index (χ2v) is 4.32. The van der Waals surface area contributed by atoms with Crippen LogP contribution in [0.5, 0.6) is 0 Å². The summed E-state index contributed by atoms with van der Waals surface area (Å²) in [6.45, 7) is 0.0517. The van der Waals surface area contributed by atoms with E-state index >= 15 is 0 Å². The van der Waals surface area contributed by atoms with Crippen molar-refractivity contribution in [3.05, 3.63) is 0 Å². The number of carbonyl (C=O) groups is 3. The van der Waals surface area contributed by atoms with E-state index in [1.54, 1.807) is 0 Å². The summed E-state index contributed by atoms with van der Waals surface area (Å²) in [5.41, 5.74) is 5.31. The predicted octanol–water partition coefficient (Wildman–Crippen LogP) is -1.08. The molecule has 0 radical (unpaired) electrons. The summed E-state index contributed by atoms with van der Waals surface area (Å²) in [7, 11) is 0. The number of nitrogens with two attached hydrogens (primary N) is 1. The van der Waals surface area contributed by atoms with Gasteiger partial charge in [-0.05, 0) is 0 Å². The number of nitrogens with zero attached hydrogens (tertiary/aromatic N) is 1. The third-order valence-corrected chi connectivity index (χ3v) is 2.78. The minimum atomic E-state index is -0.987. The Morgan fingerprint density at radius 2 is 2.25 bits per heavy atom. The van der Waals surface area contributed by atoms with E-state index in [1.165, 1.54) is 0 Å². The highest BCUT2D eigenvalue weighted by molar-refractivity contribution is 8.15. The molecule has 1 aliphatic heterocycles. The van der Waals surface area contributed by atoms with E-state index in [9.17, 15) is 14.4 Å². The first-order chi connectivity index (χ1) is 7.49. The number of aliphatic imine (C=N–C) groups is 1. The number of carboxylic acids is 1. The van der Waals surface area contributed by atoms with Crippen LogP contribution in [0.4, 0.5) is 0 Å². The lowest BCUT2D eigenvalue weighted by atomic mass is 10.2. The summed E-state index contributed by atoms with van der Waals surface area (Å²) in [5, 5.41) is 10.3. The standard InChI is InChI=1S/C8H11N3O4S/c9-8-11-7(15)4(16-8)3-5(12)10-2-1-6(13)14/h4H,1-3H2,(H,10,12)(H,13,14)(H2,9,11,15)/t4-/m1/s1. The van der Waals surface area contributed by atoms with Crippen molar-refractivity contribution in [2.75, 3.05) is 6.54 Å². The number of nitrogens with one attached hydrogen (secondary N) is 1. The van der Waals surface area contributed by atoms with Crippen molar-refractivity contribution in [3.63, 3.8) is 0 Å². The van der Waals surface area contributed by atoms with Crippen molar-refractivity contribution in [1.29, 1.82) is 0 Å². The Hall–Kier alpha value is -1.57. The van der Waals surface area contributed by atoms with Crippen LogP contribution in [0, 0.1) is 0 Å². The average Bonchev–Trinajstić information content (AvgIpc) is 2.44. The quantitative estimate of drug-likeness (QED) is 0.566. The minimum Gasteiger partial charge on any atom is -0.481 e. The number of hydrogen-bond donors (Lipinski definition) is 3. The van der Waals surface area contributed by atoms with Crippen molar-refractivity contribution in [1.82, 2.24) is 5.32 Å². The van der Waals surface area contributed by atoms with Crippen LogP contribution in [-0.2, 0) is 14.4 Å². The highest BCUT2D eigenvalue weighted by Crippen LogP contribution is 2.22. The molecule has 0 aliphatic carbocycles. The molecule has 0 bridgehead atoms. The Kier molecular flexibility index (Phi) is 4.29. The number of thioether (sulfide) groups is 1. The number of hydrogen-bond acceptors (Lipinski definition) is 5. The molecule has 0 fully saturated rings. The first-order valence-corrected chi connectivity index (χ1v) is 5.40. The van der Waals surface area contributed by atoms with E-state index in [4.69, 9.17) is 10.8 Å². The van der Waals surface area contributed by atoms with Crippen LogP contribution in [0.2, 0.25) is 0 Å². The van der Waals surface area contributed by atoms with Gasteiger partial charge in [-0.2, -0.15) is 4.99 Å². The lowest BCUT2D eigenvalue weighted by Gasteiger charge is -2.06. The number of amidine groups is 1. The Labute approximate surface area is 95.5 Å². The van der Waals surface area contributed by atoms with Crippen LogP contribution in [0.3, 0.4) is 0 Å². The fourth-order valence-electron chi connectivity index (χ4n) is 1.08. The number of amides is 2. The highest BCUT2D eigenvalue weighted by Gasteiger charge is 2.28. The monoisotopic (exact) mass is 245 g/mol. The van der Waals surface area contributed by atoms with E-state index in [2.05, 4.69) is 10.3 Å². The highest BCUT2D eigenvalue weighted by atomic mass is 32.2. The van der Waals surface area contributed by atoms with Crippen LogP contribution in [0.1, 0.15) is 12.8 Å². The van der Waals surface area contributed by atoms with Crippen molar-refractivity contribution in [2.45, 2.75) is 18.1 Å². The van der Waals surface area contributed by atoms with Crippen LogP contribution in [0.15, 0.2) is 4.99 Å². The van der Waals surface area contributed by atoms with Gasteiger partial charge in [0.2, 0.25) is 5.91 Å². The fraction of sp³-hybridized carbons (Fsp3) is 0.500. The molecular weight excluding hydrogens is 234 g/mol. The van der Waals surface area contributed by atoms with E-state index < -0.39 is 17.1 Å². The van der Waals surface area contributed by atoms with Crippen molar-refractivity contribution in [2.24, 2.45) is 10.7 Å². The summed E-state index contributed by atoms with van der Waals surface area (Å²) >= 11 is 1.04. The van der Waals surface area contributed by atoms with Crippen molar-refractivity contribution >= 4 is 34.7 Å². The molecule has 0 aromatic carbocycles. The zero-order chi connectivity index (χ0) is 12.1. The summed E-state index contributed by atoms with van der Waals surface area (Å²) in [6.07, 6.45) is -0.177. The first-order valence-electron chi connectivity index (χ1n) is 4.52. The van der Waals surface area contributed by atoms with Gasteiger partial charge in [-0.1, -0.05) is 11.8 Å². The molecule has 0 aromatic heterocycles. The number of carbonyl (C=O) groups excluding carboxylic acids is 2. The summed E-state index contributed by atoms with van der Waals surface area (Å²) < 4.78 is 0. The largest absolute Gasteiger partial charge is 0.481 e. The predicted molar refractivity (Wildman–Crippen MR) is 57.9 cm³/mol. The smallest absolute Gasteiger partial charge is 0.305 e. The normalized spacial score (nSPS) is 19.4. The van der Waals surface area contributed by atoms with Crippen LogP contribution in [0.25, 0.3) is 0 Å². The Morgan fingerprint density at radius 1 is 1.56 bits per heavy atom. The van der Waals surface area contributed by atoms with Gasteiger partial charge < -0.3 is 16.2 Å². The van der Waals surface area contributed by atoms with Gasteiger partial charge in [0.15, 0.2) is 5.17 Å². The first kappa shape index (κ1) is 12.5. The Bertz CT molecular complexity index is 355. The fourth-order valence-corrected chi connectivity index (χ4v) is 1.90. The van der Waals surface area contributed by atoms with E-state index in [-0.39, 0.29) is 30.5 Å². The molecule has 0 spiro atoms. The SMILES string of the molecule is NC1=NC(=O)[C@@H](CC(=O)NCCC(=O)O)S1. The van der Waals surface area contributed by atoms with Gasteiger partial charge in [0.1, 0.15) is 5.25 Å². The third-order valence-electron chi connectivity index (χ3n) is 1.79. The van der Waals surface area contributed by atoms with E-state index in [0.717, 1.165) is 11.8 Å². The lowest BCUT2D eigenvalue weighted by molar-refractivity contribution is -0.137. The summed E-state index contributed by atoms with van der Waals surface area (Å²) in [4.78, 5) is 36.1. The topological polar surface area (TPSA) is 122 Å². The molecule has 16 heavy (non-hydrogen) atoms. The molecule has 1 rings (SSSR count). The van der Waals surface area contributed by atoms with Gasteiger partial charge in [0.25, 0.3) is 5.91 Å². The van der Waals surface area contributed by atoms with Gasteiger partial charge >= 0.3 is 5.97 Å². The van der Waals surface area contributed by atoms with Crippen molar-refractivity contribution < 1.29 is 19.5 Å². The minimum absolute atomic E-state index is 0.0344. The maximum Gasteiger partial charge on any atom is 0.305 e. The van der Waals surface area contributed by atoms with Crippen LogP contribution in [-0.4, -0.2) is 39.9 Å². The molecule has 0 saturated heterocycles. The van der Waals surface area contributed by atoms with Crippen LogP contribution < -0.4 is 11.1 Å². The molecule has 0 saturated carbocycles. The molecule has 1 heterocycles. The number of carboxylic acid groups (broad SMARTS) is 1. The molecule has 88 valence electrons. The van der Waals surface area contributed by atoms with Gasteiger partial charge in [-0.25, -0.2) is 0 Å². The molecule has 7 nitrogen and oxygen atoms in total. The zero-order valence-corrected chi connectivity index (χ0v) is 9.12. The van der Waals surface area contributed by atoms with Crippen molar-refractivity contribution in [3.8, 4) is 0 Å². The molecule has 1 aliphatic rings. The second kappa shape index (κ2) is 5.50. The van der Waals surface area contributed by atoms with E-state index in [1.807, 2.05) is 0 Å². The number of rotatable bonds is 5. The average molecular weight is 245 g/mol. The van der Waals surface area contributed by atoms with Gasteiger partial charge in [0, 0.05) is 13.0 Å².